The summed E-state index contributed by atoms with van der Waals surface area (Å²) in [6.07, 6.45) is 4.62. The fourth-order valence-electron chi connectivity index (χ4n) is 5.11. The second-order valence-electron chi connectivity index (χ2n) is 11.0. The van der Waals surface area contributed by atoms with Gasteiger partial charge in [-0.15, -0.1) is 0 Å². The average Bonchev–Trinajstić information content (AvgIpc) is 3.05. The van der Waals surface area contributed by atoms with E-state index in [0.29, 0.717) is 31.7 Å². The van der Waals surface area contributed by atoms with Gasteiger partial charge in [0.2, 0.25) is 5.91 Å². The Labute approximate surface area is 259 Å². The van der Waals surface area contributed by atoms with Crippen LogP contribution >= 0.6 is 0 Å². The summed E-state index contributed by atoms with van der Waals surface area (Å²) in [5.74, 6) is 0.763. The number of aromatic nitrogens is 1. The minimum absolute atomic E-state index is 0.0364. The molecule has 1 aliphatic rings. The van der Waals surface area contributed by atoms with Crippen molar-refractivity contribution in [3.8, 4) is 16.9 Å². The van der Waals surface area contributed by atoms with Crippen LogP contribution in [0, 0.1) is 0 Å². The maximum atomic E-state index is 12.7. The van der Waals surface area contributed by atoms with Crippen molar-refractivity contribution in [2.45, 2.75) is 19.4 Å². The van der Waals surface area contributed by atoms with E-state index in [9.17, 15) is 9.59 Å². The van der Waals surface area contributed by atoms with Crippen molar-refractivity contribution in [1.82, 2.24) is 20.1 Å². The van der Waals surface area contributed by atoms with Crippen LogP contribution in [0.15, 0.2) is 97.3 Å². The molecule has 0 bridgehead atoms. The largest absolute Gasteiger partial charge is 0.493 e. The van der Waals surface area contributed by atoms with Gasteiger partial charge in [-0.25, -0.2) is 4.79 Å². The van der Waals surface area contributed by atoms with Crippen LogP contribution < -0.4 is 20.7 Å². The van der Waals surface area contributed by atoms with Gasteiger partial charge in [-0.1, -0.05) is 42.5 Å². The Morgan fingerprint density at radius 1 is 0.864 bits per heavy atom. The zero-order valence-electron chi connectivity index (χ0n) is 25.2. The van der Waals surface area contributed by atoms with Crippen molar-refractivity contribution >= 4 is 23.3 Å². The molecule has 0 radical (unpaired) electrons. The third kappa shape index (κ3) is 9.39. The minimum atomic E-state index is -0.284. The number of benzene rings is 3. The van der Waals surface area contributed by atoms with Crippen LogP contribution in [0.3, 0.4) is 0 Å². The molecule has 9 heteroatoms. The maximum absolute atomic E-state index is 12.7. The summed E-state index contributed by atoms with van der Waals surface area (Å²) in [5, 5.41) is 8.73. The number of amides is 3. The molecule has 1 fully saturated rings. The number of pyridine rings is 1. The highest BCUT2D eigenvalue weighted by molar-refractivity contribution is 5.91. The van der Waals surface area contributed by atoms with Gasteiger partial charge >= 0.3 is 6.03 Å². The highest BCUT2D eigenvalue weighted by Gasteiger charge is 2.15. The molecule has 3 N–H and O–H groups in total. The number of carbonyl (C=O) groups excluding carboxylic acids is 2. The molecule has 0 saturated carbocycles. The lowest BCUT2D eigenvalue weighted by Crippen LogP contribution is -2.45. The number of piperazine rings is 1. The van der Waals surface area contributed by atoms with Gasteiger partial charge in [0.25, 0.3) is 0 Å². The first-order chi connectivity index (χ1) is 21.5. The molecule has 228 valence electrons. The Bertz CT molecular complexity index is 1500. The molecule has 1 aliphatic heterocycles. The predicted molar refractivity (Wildman–Crippen MR) is 175 cm³/mol. The standard InChI is InChI=1S/C35H40N6O3/c1-40-19-21-41(22-20-40)18-15-34(42)38-31-9-4-8-29(24-31)33-10-3-2-7-28(33)16-23-44-32-13-11-30(12-14-32)39-35(43)37-26-27-6-5-17-36-25-27/h2-14,17,24-25H,15-16,18-23,26H2,1H3,(H,38,42)(H2,37,39,43). The van der Waals surface area contributed by atoms with Crippen LogP contribution in [0.5, 0.6) is 5.75 Å². The first-order valence-electron chi connectivity index (χ1n) is 15.1. The Hall–Kier alpha value is -4.73. The van der Waals surface area contributed by atoms with E-state index in [1.54, 1.807) is 12.4 Å². The van der Waals surface area contributed by atoms with Crippen LogP contribution in [0.2, 0.25) is 0 Å². The number of carbonyl (C=O) groups is 2. The van der Waals surface area contributed by atoms with Gasteiger partial charge in [-0.05, 0) is 71.8 Å². The van der Waals surface area contributed by atoms with Gasteiger partial charge in [-0.2, -0.15) is 0 Å². The summed E-state index contributed by atoms with van der Waals surface area (Å²) in [5.41, 5.74) is 5.74. The van der Waals surface area contributed by atoms with Crippen LogP contribution in [-0.4, -0.2) is 73.1 Å². The zero-order valence-corrected chi connectivity index (χ0v) is 25.2. The fourth-order valence-corrected chi connectivity index (χ4v) is 5.11. The molecule has 1 saturated heterocycles. The normalized spacial score (nSPS) is 13.7. The van der Waals surface area contributed by atoms with Gasteiger partial charge in [0.1, 0.15) is 5.75 Å². The van der Waals surface area contributed by atoms with E-state index in [1.165, 1.54) is 0 Å². The van der Waals surface area contributed by atoms with E-state index in [1.807, 2.05) is 66.7 Å². The highest BCUT2D eigenvalue weighted by atomic mass is 16.5. The number of anilines is 2. The molecule has 1 aromatic heterocycles. The quantitative estimate of drug-likeness (QED) is 0.207. The van der Waals surface area contributed by atoms with E-state index in [2.05, 4.69) is 56.0 Å². The summed E-state index contributed by atoms with van der Waals surface area (Å²) in [6, 6.07) is 27.1. The van der Waals surface area contributed by atoms with E-state index < -0.39 is 0 Å². The van der Waals surface area contributed by atoms with Gasteiger partial charge in [0, 0.05) is 75.9 Å². The number of nitrogens with one attached hydrogen (secondary N) is 3. The predicted octanol–water partition coefficient (Wildman–Crippen LogP) is 5.27. The molecule has 3 amide bonds. The first kappa shape index (κ1) is 30.7. The Morgan fingerprint density at radius 2 is 1.68 bits per heavy atom. The van der Waals surface area contributed by atoms with Crippen molar-refractivity contribution in [3.05, 3.63) is 108 Å². The number of likely N-dealkylation sites (N-methyl/N-ethyl adjacent to an activating group) is 1. The Kier molecular flexibility index (Phi) is 10.9. The third-order valence-electron chi connectivity index (χ3n) is 7.65. The zero-order chi connectivity index (χ0) is 30.6. The van der Waals surface area contributed by atoms with E-state index in [4.69, 9.17) is 4.74 Å². The van der Waals surface area contributed by atoms with Gasteiger partial charge in [0.05, 0.1) is 6.61 Å². The SMILES string of the molecule is CN1CCN(CCC(=O)Nc2cccc(-c3ccccc3CCOc3ccc(NC(=O)NCc4cccnc4)cc3)c2)CC1. The second kappa shape index (κ2) is 15.7. The smallest absolute Gasteiger partial charge is 0.319 e. The van der Waals surface area contributed by atoms with Crippen molar-refractivity contribution in [2.75, 3.05) is 57.0 Å². The van der Waals surface area contributed by atoms with Crippen molar-refractivity contribution < 1.29 is 14.3 Å². The average molecular weight is 593 g/mol. The first-order valence-corrected chi connectivity index (χ1v) is 15.1. The molecule has 4 aromatic rings. The molecule has 3 aromatic carbocycles. The molecule has 0 spiro atoms. The lowest BCUT2D eigenvalue weighted by atomic mass is 9.97. The van der Waals surface area contributed by atoms with Crippen LogP contribution in [0.1, 0.15) is 17.5 Å². The highest BCUT2D eigenvalue weighted by Crippen LogP contribution is 2.27. The van der Waals surface area contributed by atoms with E-state index >= 15 is 0 Å². The number of ether oxygens (including phenoxy) is 1. The monoisotopic (exact) mass is 592 g/mol. The molecular formula is C35H40N6O3. The fraction of sp³-hybridized carbons (Fsp3) is 0.286. The van der Waals surface area contributed by atoms with Crippen LogP contribution in [0.25, 0.3) is 11.1 Å². The molecule has 9 nitrogen and oxygen atoms in total. The van der Waals surface area contributed by atoms with Crippen molar-refractivity contribution in [3.63, 3.8) is 0 Å². The molecule has 0 aliphatic carbocycles. The van der Waals surface area contributed by atoms with Gasteiger partial charge < -0.3 is 30.5 Å². The molecule has 0 unspecified atom stereocenters. The van der Waals surface area contributed by atoms with E-state index in [0.717, 1.165) is 66.4 Å². The number of rotatable bonds is 12. The Balaban J connectivity index is 1.09. The Morgan fingerprint density at radius 3 is 2.48 bits per heavy atom. The van der Waals surface area contributed by atoms with Crippen molar-refractivity contribution in [2.24, 2.45) is 0 Å². The lowest BCUT2D eigenvalue weighted by Gasteiger charge is -2.32. The lowest BCUT2D eigenvalue weighted by molar-refractivity contribution is -0.116. The molecule has 2 heterocycles. The molecule has 0 atom stereocenters. The van der Waals surface area contributed by atoms with Crippen molar-refractivity contribution in [1.29, 1.82) is 0 Å². The molecule has 5 rings (SSSR count). The number of hydrogen-bond donors (Lipinski definition) is 3. The maximum Gasteiger partial charge on any atom is 0.319 e. The number of hydrogen-bond acceptors (Lipinski definition) is 6. The topological polar surface area (TPSA) is 98.8 Å². The van der Waals surface area contributed by atoms with Gasteiger partial charge in [0.15, 0.2) is 0 Å². The van der Waals surface area contributed by atoms with E-state index in [-0.39, 0.29) is 11.9 Å². The van der Waals surface area contributed by atoms with Crippen LogP contribution in [-0.2, 0) is 17.8 Å². The minimum Gasteiger partial charge on any atom is -0.493 e. The summed E-state index contributed by atoms with van der Waals surface area (Å²) in [7, 11) is 2.14. The second-order valence-corrected chi connectivity index (χ2v) is 11.0. The van der Waals surface area contributed by atoms with Crippen LogP contribution in [0.4, 0.5) is 16.2 Å². The van der Waals surface area contributed by atoms with Gasteiger partial charge in [-0.3, -0.25) is 9.78 Å². The summed E-state index contributed by atoms with van der Waals surface area (Å²) >= 11 is 0. The number of nitrogens with zero attached hydrogens (tertiary/aromatic N) is 3. The summed E-state index contributed by atoms with van der Waals surface area (Å²) in [4.78, 5) is 33.6. The summed E-state index contributed by atoms with van der Waals surface area (Å²) in [6.45, 7) is 5.79. The third-order valence-corrected chi connectivity index (χ3v) is 7.65. The number of urea groups is 1. The molecular weight excluding hydrogens is 552 g/mol. The summed E-state index contributed by atoms with van der Waals surface area (Å²) < 4.78 is 6.03. The molecule has 44 heavy (non-hydrogen) atoms.